The molecule has 2 rings (SSSR count). The van der Waals surface area contributed by atoms with Gasteiger partial charge in [-0.2, -0.15) is 0 Å². The van der Waals surface area contributed by atoms with Gasteiger partial charge in [0.05, 0.1) is 10.2 Å². The van der Waals surface area contributed by atoms with Gasteiger partial charge in [0, 0.05) is 5.92 Å². The monoisotopic (exact) mass is 274 g/mol. The molecule has 0 radical (unpaired) electrons. The van der Waals surface area contributed by atoms with Gasteiger partial charge in [0.15, 0.2) is 0 Å². The fourth-order valence-corrected chi connectivity index (χ4v) is 2.22. The van der Waals surface area contributed by atoms with E-state index in [4.69, 9.17) is 11.6 Å². The molecule has 1 aromatic rings. The third-order valence-corrected chi connectivity index (χ3v) is 4.01. The number of nitrogens with zero attached hydrogens (tertiary/aromatic N) is 2. The second-order valence-electron chi connectivity index (χ2n) is 3.81. The predicted molar refractivity (Wildman–Crippen MR) is 60.6 cm³/mol. The summed E-state index contributed by atoms with van der Waals surface area (Å²) in [5.74, 6) is 2.17. The molecule has 0 N–H and O–H groups in total. The summed E-state index contributed by atoms with van der Waals surface area (Å²) in [5, 5.41) is 0.547. The lowest BCUT2D eigenvalue weighted by molar-refractivity contribution is 0.817. The van der Waals surface area contributed by atoms with Gasteiger partial charge in [-0.1, -0.05) is 25.4 Å². The van der Waals surface area contributed by atoms with E-state index in [1.807, 2.05) is 0 Å². The highest BCUT2D eigenvalue weighted by Crippen LogP contribution is 2.46. The third-order valence-electron chi connectivity index (χ3n) is 2.67. The highest BCUT2D eigenvalue weighted by atomic mass is 79.9. The third kappa shape index (κ3) is 1.80. The van der Waals surface area contributed by atoms with Crippen LogP contribution in [0.15, 0.2) is 4.47 Å². The van der Waals surface area contributed by atoms with E-state index in [0.717, 1.165) is 28.3 Å². The molecule has 76 valence electrons. The summed E-state index contributed by atoms with van der Waals surface area (Å²) in [6.07, 6.45) is 2.08. The van der Waals surface area contributed by atoms with Crippen LogP contribution in [0.3, 0.4) is 0 Å². The Morgan fingerprint density at radius 2 is 2.14 bits per heavy atom. The molecule has 1 aromatic heterocycles. The quantitative estimate of drug-likeness (QED) is 0.771. The Bertz CT molecular complexity index is 367. The van der Waals surface area contributed by atoms with E-state index >= 15 is 0 Å². The molecular formula is C10H12BrClN2. The number of halogens is 2. The first-order valence-corrected chi connectivity index (χ1v) is 6.02. The molecule has 4 heteroatoms. The molecule has 1 heterocycles. The van der Waals surface area contributed by atoms with E-state index in [1.54, 1.807) is 0 Å². The average Bonchev–Trinajstić information content (AvgIpc) is 2.87. The summed E-state index contributed by atoms with van der Waals surface area (Å²) in [7, 11) is 0. The standard InChI is InChI=1S/C10H12BrClN2/c1-3-7-8(11)9(12)14-10(13-7)6-4-5(6)2/h5-6H,3-4H2,1-2H3. The average molecular weight is 276 g/mol. The van der Waals surface area contributed by atoms with Crippen molar-refractivity contribution in [3.8, 4) is 0 Å². The largest absolute Gasteiger partial charge is 0.236 e. The topological polar surface area (TPSA) is 25.8 Å². The molecule has 0 saturated heterocycles. The second-order valence-corrected chi connectivity index (χ2v) is 4.96. The molecule has 1 aliphatic rings. The van der Waals surface area contributed by atoms with Crippen LogP contribution in [0.1, 0.15) is 37.7 Å². The molecular weight excluding hydrogens is 263 g/mol. The summed E-state index contributed by atoms with van der Waals surface area (Å²) < 4.78 is 0.846. The van der Waals surface area contributed by atoms with Crippen molar-refractivity contribution in [2.45, 2.75) is 32.6 Å². The molecule has 2 nitrogen and oxygen atoms in total. The normalized spacial score (nSPS) is 25.1. The van der Waals surface area contributed by atoms with Crippen LogP contribution < -0.4 is 0 Å². The summed E-state index contributed by atoms with van der Waals surface area (Å²) in [5.41, 5.74) is 1.01. The summed E-state index contributed by atoms with van der Waals surface area (Å²) in [6, 6.07) is 0. The first kappa shape index (κ1) is 10.4. The Morgan fingerprint density at radius 3 is 2.64 bits per heavy atom. The van der Waals surface area contributed by atoms with Crippen molar-refractivity contribution in [2.75, 3.05) is 0 Å². The number of aryl methyl sites for hydroxylation is 1. The highest BCUT2D eigenvalue weighted by molar-refractivity contribution is 9.10. The fourth-order valence-electron chi connectivity index (χ4n) is 1.56. The molecule has 2 atom stereocenters. The molecule has 1 aliphatic carbocycles. The van der Waals surface area contributed by atoms with Gasteiger partial charge in [0.2, 0.25) is 0 Å². The summed E-state index contributed by atoms with van der Waals surface area (Å²) in [4.78, 5) is 8.82. The zero-order chi connectivity index (χ0) is 10.3. The summed E-state index contributed by atoms with van der Waals surface area (Å²) in [6.45, 7) is 4.29. The van der Waals surface area contributed by atoms with E-state index in [-0.39, 0.29) is 0 Å². The van der Waals surface area contributed by atoms with Gasteiger partial charge in [0.25, 0.3) is 0 Å². The van der Waals surface area contributed by atoms with Crippen molar-refractivity contribution in [1.29, 1.82) is 0 Å². The van der Waals surface area contributed by atoms with Crippen LogP contribution in [-0.2, 0) is 6.42 Å². The Labute approximate surface area is 97.2 Å². The first-order valence-electron chi connectivity index (χ1n) is 4.85. The Kier molecular flexibility index (Phi) is 2.80. The van der Waals surface area contributed by atoms with Crippen molar-refractivity contribution < 1.29 is 0 Å². The van der Waals surface area contributed by atoms with Gasteiger partial charge in [0.1, 0.15) is 11.0 Å². The minimum absolute atomic E-state index is 0.533. The van der Waals surface area contributed by atoms with Crippen molar-refractivity contribution >= 4 is 27.5 Å². The summed E-state index contributed by atoms with van der Waals surface area (Å²) >= 11 is 9.42. The smallest absolute Gasteiger partial charge is 0.147 e. The molecule has 0 bridgehead atoms. The van der Waals surface area contributed by atoms with Crippen LogP contribution in [0.4, 0.5) is 0 Å². The van der Waals surface area contributed by atoms with E-state index in [0.29, 0.717) is 11.1 Å². The SMILES string of the molecule is CCc1nc(C2CC2C)nc(Cl)c1Br. The molecule has 0 amide bonds. The maximum Gasteiger partial charge on any atom is 0.147 e. The lowest BCUT2D eigenvalue weighted by Gasteiger charge is -2.05. The second kappa shape index (κ2) is 3.78. The van der Waals surface area contributed by atoms with Gasteiger partial charge >= 0.3 is 0 Å². The van der Waals surface area contributed by atoms with E-state index < -0.39 is 0 Å². The first-order chi connectivity index (χ1) is 6.63. The zero-order valence-electron chi connectivity index (χ0n) is 8.22. The molecule has 1 saturated carbocycles. The lowest BCUT2D eigenvalue weighted by atomic mass is 10.3. The number of hydrogen-bond donors (Lipinski definition) is 0. The number of aromatic nitrogens is 2. The van der Waals surface area contributed by atoms with Crippen LogP contribution in [0.5, 0.6) is 0 Å². The molecule has 0 aromatic carbocycles. The van der Waals surface area contributed by atoms with Gasteiger partial charge < -0.3 is 0 Å². The number of rotatable bonds is 2. The van der Waals surface area contributed by atoms with E-state index in [1.165, 1.54) is 6.42 Å². The van der Waals surface area contributed by atoms with Crippen molar-refractivity contribution in [1.82, 2.24) is 9.97 Å². The minimum Gasteiger partial charge on any atom is -0.236 e. The van der Waals surface area contributed by atoms with Gasteiger partial charge in [-0.25, -0.2) is 9.97 Å². The van der Waals surface area contributed by atoms with Crippen molar-refractivity contribution in [3.05, 3.63) is 21.1 Å². The van der Waals surface area contributed by atoms with E-state index in [2.05, 4.69) is 39.7 Å². The van der Waals surface area contributed by atoms with Crippen LogP contribution >= 0.6 is 27.5 Å². The van der Waals surface area contributed by atoms with Crippen molar-refractivity contribution in [3.63, 3.8) is 0 Å². The highest BCUT2D eigenvalue weighted by Gasteiger charge is 2.37. The maximum absolute atomic E-state index is 6.02. The van der Waals surface area contributed by atoms with Crippen LogP contribution in [0, 0.1) is 5.92 Å². The van der Waals surface area contributed by atoms with Gasteiger partial charge in [-0.05, 0) is 34.7 Å². The molecule has 0 aliphatic heterocycles. The van der Waals surface area contributed by atoms with Crippen LogP contribution in [0.2, 0.25) is 5.15 Å². The Balaban J connectivity index is 2.38. The lowest BCUT2D eigenvalue weighted by Crippen LogP contribution is -2.00. The predicted octanol–water partition coefficient (Wildman–Crippen LogP) is 3.58. The molecule has 0 spiro atoms. The van der Waals surface area contributed by atoms with E-state index in [9.17, 15) is 0 Å². The van der Waals surface area contributed by atoms with Gasteiger partial charge in [-0.3, -0.25) is 0 Å². The minimum atomic E-state index is 0.533. The fraction of sp³-hybridized carbons (Fsp3) is 0.600. The molecule has 1 fully saturated rings. The maximum atomic E-state index is 6.02. The number of hydrogen-bond acceptors (Lipinski definition) is 2. The van der Waals surface area contributed by atoms with Gasteiger partial charge in [-0.15, -0.1) is 0 Å². The van der Waals surface area contributed by atoms with Crippen LogP contribution in [-0.4, -0.2) is 9.97 Å². The Morgan fingerprint density at radius 1 is 1.50 bits per heavy atom. The molecule has 14 heavy (non-hydrogen) atoms. The zero-order valence-corrected chi connectivity index (χ0v) is 10.6. The van der Waals surface area contributed by atoms with Crippen molar-refractivity contribution in [2.24, 2.45) is 5.92 Å². The Hall–Kier alpha value is -0.150. The molecule has 2 unspecified atom stereocenters. The van der Waals surface area contributed by atoms with Crippen LogP contribution in [0.25, 0.3) is 0 Å².